The van der Waals surface area contributed by atoms with Crippen LogP contribution in [0.2, 0.25) is 0 Å². The zero-order valence-electron chi connectivity index (χ0n) is 14.6. The molecule has 3 rings (SSSR count). The van der Waals surface area contributed by atoms with Gasteiger partial charge in [0, 0.05) is 17.5 Å². The second-order valence-electron chi connectivity index (χ2n) is 5.62. The van der Waals surface area contributed by atoms with Gasteiger partial charge in [-0.3, -0.25) is 4.79 Å². The van der Waals surface area contributed by atoms with Gasteiger partial charge < -0.3 is 4.57 Å². The number of carbonyl (C=O) groups is 1. The van der Waals surface area contributed by atoms with Crippen LogP contribution in [0, 0.1) is 0 Å². The fraction of sp³-hybridized carbons (Fsp3) is 0.222. The number of aromatic nitrogens is 1. The number of hydrogen-bond acceptors (Lipinski definition) is 5. The lowest BCUT2D eigenvalue weighted by Crippen LogP contribution is -2.13. The Labute approximate surface area is 160 Å². The summed E-state index contributed by atoms with van der Waals surface area (Å²) in [5.41, 5.74) is 1.38. The first kappa shape index (κ1) is 18.9. The van der Waals surface area contributed by atoms with Gasteiger partial charge in [-0.05, 0) is 48.7 Å². The van der Waals surface area contributed by atoms with Crippen molar-refractivity contribution in [3.05, 3.63) is 52.8 Å². The molecule has 0 radical (unpaired) electrons. The van der Waals surface area contributed by atoms with E-state index >= 15 is 0 Å². The summed E-state index contributed by atoms with van der Waals surface area (Å²) in [6, 6.07) is 12.1. The predicted molar refractivity (Wildman–Crippen MR) is 107 cm³/mol. The third-order valence-corrected chi connectivity index (χ3v) is 7.62. The van der Waals surface area contributed by atoms with Crippen LogP contribution in [0.3, 0.4) is 0 Å². The molecule has 0 bridgehead atoms. The molecule has 1 amide bonds. The van der Waals surface area contributed by atoms with Crippen LogP contribution < -0.4 is 4.80 Å². The Kier molecular flexibility index (Phi) is 5.36. The van der Waals surface area contributed by atoms with Gasteiger partial charge in [0.15, 0.2) is 14.6 Å². The monoisotopic (exact) mass is 406 g/mol. The number of fused-ring (bicyclic) bond motifs is 1. The average Bonchev–Trinajstić information content (AvgIpc) is 2.96. The van der Waals surface area contributed by atoms with E-state index < -0.39 is 15.7 Å². The number of thioether (sulfide) groups is 1. The molecule has 0 spiro atoms. The molecule has 0 aliphatic rings. The minimum absolute atomic E-state index is 0.0281. The molecular weight excluding hydrogens is 388 g/mol. The van der Waals surface area contributed by atoms with E-state index in [4.69, 9.17) is 0 Å². The number of nitrogens with zero attached hydrogens (tertiary/aromatic N) is 2. The fourth-order valence-electron chi connectivity index (χ4n) is 2.47. The van der Waals surface area contributed by atoms with Gasteiger partial charge in [-0.1, -0.05) is 18.3 Å². The topological polar surface area (TPSA) is 68.5 Å². The largest absolute Gasteiger partial charge is 0.319 e. The summed E-state index contributed by atoms with van der Waals surface area (Å²) in [7, 11) is -1.40. The van der Waals surface area contributed by atoms with Crippen molar-refractivity contribution in [2.75, 3.05) is 12.0 Å². The zero-order valence-corrected chi connectivity index (χ0v) is 17.0. The number of benzene rings is 2. The molecule has 0 aliphatic heterocycles. The van der Waals surface area contributed by atoms with Crippen molar-refractivity contribution < 1.29 is 13.2 Å². The Morgan fingerprint density at radius 1 is 1.19 bits per heavy atom. The number of amides is 1. The first-order valence-corrected chi connectivity index (χ1v) is 11.6. The van der Waals surface area contributed by atoms with Crippen LogP contribution in [0.25, 0.3) is 10.2 Å². The van der Waals surface area contributed by atoms with Crippen LogP contribution in [-0.4, -0.2) is 30.9 Å². The highest BCUT2D eigenvalue weighted by atomic mass is 32.2. The molecule has 0 atom stereocenters. The van der Waals surface area contributed by atoms with Gasteiger partial charge in [0.25, 0.3) is 5.91 Å². The molecule has 0 saturated heterocycles. The van der Waals surface area contributed by atoms with Crippen LogP contribution in [0.4, 0.5) is 0 Å². The molecule has 0 N–H and O–H groups in total. The lowest BCUT2D eigenvalue weighted by Gasteiger charge is -2.01. The smallest absolute Gasteiger partial charge is 0.279 e. The van der Waals surface area contributed by atoms with Crippen molar-refractivity contribution in [2.45, 2.75) is 16.7 Å². The summed E-state index contributed by atoms with van der Waals surface area (Å²) in [6.07, 6.45) is 2.02. The van der Waals surface area contributed by atoms with E-state index in [1.54, 1.807) is 18.7 Å². The zero-order chi connectivity index (χ0) is 18.9. The minimum Gasteiger partial charge on any atom is -0.319 e. The Bertz CT molecular complexity index is 1140. The molecule has 5 nitrogen and oxygen atoms in total. The molecule has 136 valence electrons. The van der Waals surface area contributed by atoms with Crippen LogP contribution in [0.5, 0.6) is 0 Å². The predicted octanol–water partition coefficient (Wildman–Crippen LogP) is 3.50. The number of rotatable bonds is 4. The Morgan fingerprint density at radius 2 is 1.88 bits per heavy atom. The first-order valence-electron chi connectivity index (χ1n) is 7.91. The summed E-state index contributed by atoms with van der Waals surface area (Å²) >= 11 is 3.12. The molecular formula is C18H18N2O3S3. The number of sulfone groups is 1. The maximum atomic E-state index is 12.5. The number of aryl methyl sites for hydroxylation is 1. The summed E-state index contributed by atoms with van der Waals surface area (Å²) in [6.45, 7) is 1.59. The molecule has 0 fully saturated rings. The first-order chi connectivity index (χ1) is 12.4. The maximum Gasteiger partial charge on any atom is 0.279 e. The second kappa shape index (κ2) is 7.38. The Hall–Kier alpha value is -1.90. The van der Waals surface area contributed by atoms with E-state index in [1.165, 1.54) is 35.6 Å². The van der Waals surface area contributed by atoms with Crippen molar-refractivity contribution in [1.82, 2.24) is 4.57 Å². The third kappa shape index (κ3) is 3.62. The van der Waals surface area contributed by atoms with Gasteiger partial charge in [0.1, 0.15) is 0 Å². The summed E-state index contributed by atoms with van der Waals surface area (Å²) < 4.78 is 26.7. The fourth-order valence-corrected chi connectivity index (χ4v) is 4.93. The van der Waals surface area contributed by atoms with Crippen LogP contribution in [-0.2, 0) is 16.9 Å². The lowest BCUT2D eigenvalue weighted by atomic mass is 10.2. The van der Waals surface area contributed by atoms with Crippen LogP contribution in [0.1, 0.15) is 17.3 Å². The molecule has 1 heterocycles. The molecule has 0 aliphatic carbocycles. The van der Waals surface area contributed by atoms with Crippen molar-refractivity contribution in [3.63, 3.8) is 0 Å². The molecule has 1 aromatic heterocycles. The van der Waals surface area contributed by atoms with Gasteiger partial charge in [-0.2, -0.15) is 4.99 Å². The van der Waals surface area contributed by atoms with Crippen LogP contribution in [0.15, 0.2) is 57.2 Å². The molecule has 8 heteroatoms. The van der Waals surface area contributed by atoms with Gasteiger partial charge in [0.05, 0.1) is 20.9 Å². The van der Waals surface area contributed by atoms with Gasteiger partial charge in [0.2, 0.25) is 0 Å². The average molecular weight is 407 g/mol. The normalized spacial score (nSPS) is 12.7. The number of thiazole rings is 1. The molecule has 2 aromatic carbocycles. The lowest BCUT2D eigenvalue weighted by molar-refractivity contribution is 0.0998. The van der Waals surface area contributed by atoms with E-state index in [0.717, 1.165) is 15.1 Å². The van der Waals surface area contributed by atoms with Crippen molar-refractivity contribution >= 4 is 49.1 Å². The Balaban J connectivity index is 1.98. The standard InChI is InChI=1S/C18H18N2O3S3/c1-4-26(22,23)14-8-5-12(6-9-14)17(21)19-18-20(2)15-10-7-13(24-3)11-16(15)25-18/h5-11H,4H2,1-3H3. The molecule has 3 aromatic rings. The van der Waals surface area contributed by atoms with E-state index in [-0.39, 0.29) is 10.6 Å². The van der Waals surface area contributed by atoms with Crippen molar-refractivity contribution in [2.24, 2.45) is 12.0 Å². The highest BCUT2D eigenvalue weighted by Gasteiger charge is 2.13. The summed E-state index contributed by atoms with van der Waals surface area (Å²) in [4.78, 5) is 18.7. The molecule has 0 unspecified atom stereocenters. The SMILES string of the molecule is CCS(=O)(=O)c1ccc(C(=O)N=c2sc3cc(SC)ccc3n2C)cc1. The molecule has 26 heavy (non-hydrogen) atoms. The minimum atomic E-state index is -3.28. The van der Waals surface area contributed by atoms with Crippen molar-refractivity contribution in [1.29, 1.82) is 0 Å². The quantitative estimate of drug-likeness (QED) is 0.622. The van der Waals surface area contributed by atoms with Gasteiger partial charge in [-0.15, -0.1) is 11.8 Å². The summed E-state index contributed by atoms with van der Waals surface area (Å²) in [5, 5.41) is 0. The van der Waals surface area contributed by atoms with Crippen molar-refractivity contribution in [3.8, 4) is 0 Å². The maximum absolute atomic E-state index is 12.5. The van der Waals surface area contributed by atoms with Gasteiger partial charge >= 0.3 is 0 Å². The van der Waals surface area contributed by atoms with Gasteiger partial charge in [-0.25, -0.2) is 8.42 Å². The third-order valence-electron chi connectivity index (χ3n) is 4.05. The Morgan fingerprint density at radius 3 is 2.50 bits per heavy atom. The van der Waals surface area contributed by atoms with E-state index in [2.05, 4.69) is 11.1 Å². The van der Waals surface area contributed by atoms with E-state index in [9.17, 15) is 13.2 Å². The van der Waals surface area contributed by atoms with E-state index in [0.29, 0.717) is 10.4 Å². The summed E-state index contributed by atoms with van der Waals surface area (Å²) in [5.74, 6) is -0.363. The highest BCUT2D eigenvalue weighted by Crippen LogP contribution is 2.23. The second-order valence-corrected chi connectivity index (χ2v) is 9.79. The van der Waals surface area contributed by atoms with E-state index in [1.807, 2.05) is 30.0 Å². The number of carbonyl (C=O) groups excluding carboxylic acids is 1. The molecule has 0 saturated carbocycles. The highest BCUT2D eigenvalue weighted by molar-refractivity contribution is 7.98. The number of hydrogen-bond donors (Lipinski definition) is 0. The van der Waals surface area contributed by atoms with Crippen LogP contribution >= 0.6 is 23.1 Å².